The van der Waals surface area contributed by atoms with Crippen molar-refractivity contribution in [3.8, 4) is 0 Å². The first-order valence-corrected chi connectivity index (χ1v) is 6.74. The minimum Gasteiger partial charge on any atom is -0.322 e. The van der Waals surface area contributed by atoms with Crippen LogP contribution in [-0.2, 0) is 0 Å². The molecule has 5 heteroatoms. The van der Waals surface area contributed by atoms with Gasteiger partial charge in [-0.25, -0.2) is 5.43 Å². The van der Waals surface area contributed by atoms with Crippen LogP contribution in [0.5, 0.6) is 0 Å². The smallest absolute Gasteiger partial charge is 0.272 e. The van der Waals surface area contributed by atoms with Gasteiger partial charge in [0.1, 0.15) is 0 Å². The van der Waals surface area contributed by atoms with Crippen molar-refractivity contribution in [2.75, 3.05) is 0 Å². The quantitative estimate of drug-likeness (QED) is 0.574. The van der Waals surface area contributed by atoms with E-state index in [0.717, 1.165) is 5.56 Å². The highest BCUT2D eigenvalue weighted by molar-refractivity contribution is 6.06. The Morgan fingerprint density at radius 1 is 1.05 bits per heavy atom. The summed E-state index contributed by atoms with van der Waals surface area (Å²) in [5, 5.41) is 4.59. The maximum atomic E-state index is 12.2. The van der Waals surface area contributed by atoms with E-state index in [4.69, 9.17) is 0 Å². The number of carbonyl (C=O) groups excluding carboxylic acids is 1. The number of hydrazone groups is 1. The summed E-state index contributed by atoms with van der Waals surface area (Å²) in [6.07, 6.45) is 1.55. The predicted molar refractivity (Wildman–Crippen MR) is 86.1 cm³/mol. The number of para-hydroxylation sites is 1. The van der Waals surface area contributed by atoms with Crippen molar-refractivity contribution in [2.24, 2.45) is 5.10 Å². The summed E-state index contributed by atoms with van der Waals surface area (Å²) in [6, 6.07) is 17.8. The van der Waals surface area contributed by atoms with Gasteiger partial charge in [-0.15, -0.1) is 0 Å². The van der Waals surface area contributed by atoms with Gasteiger partial charge in [0.25, 0.3) is 5.91 Å². The van der Waals surface area contributed by atoms with Crippen molar-refractivity contribution in [1.29, 1.82) is 0 Å². The minimum atomic E-state index is -0.422. The average Bonchev–Trinajstić information content (AvgIpc) is 2.55. The molecular weight excluding hydrogens is 278 g/mol. The number of hydrogen-bond donors (Lipinski definition) is 2. The molecule has 2 N–H and O–H groups in total. The number of carbonyl (C=O) groups is 1. The van der Waals surface area contributed by atoms with Crippen LogP contribution in [0.4, 0.5) is 0 Å². The second-order valence-electron chi connectivity index (χ2n) is 4.70. The summed E-state index contributed by atoms with van der Waals surface area (Å²) in [7, 11) is 0. The Kier molecular flexibility index (Phi) is 3.78. The third-order valence-corrected chi connectivity index (χ3v) is 3.17. The van der Waals surface area contributed by atoms with Gasteiger partial charge < -0.3 is 4.98 Å². The zero-order valence-corrected chi connectivity index (χ0v) is 11.6. The molecule has 5 nitrogen and oxygen atoms in total. The first-order chi connectivity index (χ1) is 10.7. The lowest BCUT2D eigenvalue weighted by Gasteiger charge is -2.04. The molecule has 3 rings (SSSR count). The number of nitrogens with zero attached hydrogens (tertiary/aromatic N) is 1. The Balaban J connectivity index is 1.87. The molecule has 1 aromatic heterocycles. The highest BCUT2D eigenvalue weighted by Gasteiger charge is 2.10. The van der Waals surface area contributed by atoms with Crippen molar-refractivity contribution in [3.63, 3.8) is 0 Å². The van der Waals surface area contributed by atoms with Crippen LogP contribution in [0, 0.1) is 0 Å². The SMILES string of the molecule is O=C(NN=Cc1ccccc1)c1cc(=O)[nH]c2ccccc12. The molecule has 2 aromatic carbocycles. The fourth-order valence-electron chi connectivity index (χ4n) is 2.16. The molecule has 0 spiro atoms. The fraction of sp³-hybridized carbons (Fsp3) is 0. The number of pyridine rings is 1. The van der Waals surface area contributed by atoms with Crippen molar-refractivity contribution in [3.05, 3.63) is 82.1 Å². The lowest BCUT2D eigenvalue weighted by atomic mass is 10.1. The van der Waals surface area contributed by atoms with E-state index in [1.165, 1.54) is 6.07 Å². The summed E-state index contributed by atoms with van der Waals surface area (Å²) in [4.78, 5) is 26.5. The summed E-state index contributed by atoms with van der Waals surface area (Å²) < 4.78 is 0. The van der Waals surface area contributed by atoms with Crippen LogP contribution in [0.15, 0.2) is 70.6 Å². The van der Waals surface area contributed by atoms with Gasteiger partial charge in [-0.1, -0.05) is 48.5 Å². The standard InChI is InChI=1S/C17H13N3O2/c21-16-10-14(13-8-4-5-9-15(13)19-16)17(22)20-18-11-12-6-2-1-3-7-12/h1-11H,(H,19,21)(H,20,22). The highest BCUT2D eigenvalue weighted by atomic mass is 16.2. The number of H-pyrrole nitrogens is 1. The Morgan fingerprint density at radius 2 is 1.77 bits per heavy atom. The van der Waals surface area contributed by atoms with Crippen LogP contribution in [-0.4, -0.2) is 17.1 Å². The van der Waals surface area contributed by atoms with E-state index in [1.54, 1.807) is 24.4 Å². The minimum absolute atomic E-state index is 0.296. The topological polar surface area (TPSA) is 74.3 Å². The van der Waals surface area contributed by atoms with Crippen molar-refractivity contribution in [2.45, 2.75) is 0 Å². The molecule has 0 fully saturated rings. The number of rotatable bonds is 3. The average molecular weight is 291 g/mol. The number of amides is 1. The van der Waals surface area contributed by atoms with Crippen LogP contribution in [0.1, 0.15) is 15.9 Å². The zero-order chi connectivity index (χ0) is 15.4. The summed E-state index contributed by atoms with van der Waals surface area (Å²) in [5.74, 6) is -0.422. The number of benzene rings is 2. The van der Waals surface area contributed by atoms with Crippen LogP contribution < -0.4 is 11.0 Å². The Bertz CT molecular complexity index is 898. The monoisotopic (exact) mass is 291 g/mol. The van der Waals surface area contributed by atoms with Crippen molar-refractivity contribution in [1.82, 2.24) is 10.4 Å². The van der Waals surface area contributed by atoms with Gasteiger partial charge in [0.2, 0.25) is 5.56 Å². The lowest BCUT2D eigenvalue weighted by molar-refractivity contribution is 0.0956. The number of hydrogen-bond acceptors (Lipinski definition) is 3. The Morgan fingerprint density at radius 3 is 2.59 bits per heavy atom. The molecule has 3 aromatic rings. The van der Waals surface area contributed by atoms with E-state index in [1.807, 2.05) is 36.4 Å². The number of fused-ring (bicyclic) bond motifs is 1. The Labute approximate surface area is 126 Å². The van der Waals surface area contributed by atoms with Gasteiger partial charge in [0.15, 0.2) is 0 Å². The van der Waals surface area contributed by atoms with Gasteiger partial charge >= 0.3 is 0 Å². The second-order valence-corrected chi connectivity index (χ2v) is 4.70. The van der Waals surface area contributed by atoms with Crippen molar-refractivity contribution >= 4 is 23.0 Å². The van der Waals surface area contributed by atoms with Crippen LogP contribution >= 0.6 is 0 Å². The summed E-state index contributed by atoms with van der Waals surface area (Å²) in [6.45, 7) is 0. The van der Waals surface area contributed by atoms with Gasteiger partial charge in [-0.2, -0.15) is 5.10 Å². The van der Waals surface area contributed by atoms with Crippen molar-refractivity contribution < 1.29 is 4.79 Å². The molecule has 0 aliphatic heterocycles. The normalized spacial score (nSPS) is 10.9. The molecule has 0 aliphatic rings. The molecule has 108 valence electrons. The number of aromatic amines is 1. The van der Waals surface area contributed by atoms with Crippen LogP contribution in [0.3, 0.4) is 0 Å². The fourth-order valence-corrected chi connectivity index (χ4v) is 2.16. The van der Waals surface area contributed by atoms with Gasteiger partial charge in [-0.3, -0.25) is 9.59 Å². The summed E-state index contributed by atoms with van der Waals surface area (Å²) in [5.41, 5.74) is 3.91. The molecular formula is C17H13N3O2. The molecule has 1 amide bonds. The molecule has 0 saturated carbocycles. The number of nitrogens with one attached hydrogen (secondary N) is 2. The predicted octanol–water partition coefficient (Wildman–Crippen LogP) is 2.29. The molecule has 0 radical (unpaired) electrons. The lowest BCUT2D eigenvalue weighted by Crippen LogP contribution is -2.20. The van der Waals surface area contributed by atoms with E-state index in [2.05, 4.69) is 15.5 Å². The summed E-state index contributed by atoms with van der Waals surface area (Å²) >= 11 is 0. The highest BCUT2D eigenvalue weighted by Crippen LogP contribution is 2.14. The molecule has 0 saturated heterocycles. The molecule has 1 heterocycles. The number of aromatic nitrogens is 1. The zero-order valence-electron chi connectivity index (χ0n) is 11.6. The molecule has 22 heavy (non-hydrogen) atoms. The molecule has 0 aliphatic carbocycles. The van der Waals surface area contributed by atoms with Gasteiger partial charge in [-0.05, 0) is 11.6 Å². The third kappa shape index (κ3) is 2.93. The molecule has 0 unspecified atom stereocenters. The van der Waals surface area contributed by atoms with Crippen LogP contribution in [0.2, 0.25) is 0 Å². The van der Waals surface area contributed by atoms with Crippen LogP contribution in [0.25, 0.3) is 10.9 Å². The van der Waals surface area contributed by atoms with E-state index in [-0.39, 0.29) is 5.56 Å². The van der Waals surface area contributed by atoms with E-state index < -0.39 is 5.91 Å². The van der Waals surface area contributed by atoms with E-state index in [0.29, 0.717) is 16.5 Å². The van der Waals surface area contributed by atoms with E-state index in [9.17, 15) is 9.59 Å². The first-order valence-electron chi connectivity index (χ1n) is 6.74. The van der Waals surface area contributed by atoms with Gasteiger partial charge in [0, 0.05) is 17.0 Å². The maximum absolute atomic E-state index is 12.2. The Hall–Kier alpha value is -3.21. The maximum Gasteiger partial charge on any atom is 0.272 e. The molecule has 0 atom stereocenters. The second kappa shape index (κ2) is 6.05. The van der Waals surface area contributed by atoms with Gasteiger partial charge in [0.05, 0.1) is 11.8 Å². The van der Waals surface area contributed by atoms with E-state index >= 15 is 0 Å². The third-order valence-electron chi connectivity index (χ3n) is 3.17. The molecule has 0 bridgehead atoms. The largest absolute Gasteiger partial charge is 0.322 e. The first kappa shape index (κ1) is 13.8.